The SMILES string of the molecule is CCCC(CCC)C(=O)Nc1onc(-c2ccsc2)c1C(N)=O. The third-order valence-corrected chi connectivity index (χ3v) is 4.30. The average Bonchev–Trinajstić information content (AvgIpc) is 3.15. The number of carbonyl (C=O) groups excluding carboxylic acids is 2. The first-order valence-electron chi connectivity index (χ1n) is 7.71. The Hall–Kier alpha value is -2.15. The number of nitrogens with zero attached hydrogens (tertiary/aromatic N) is 1. The molecule has 0 fully saturated rings. The molecule has 0 radical (unpaired) electrons. The van der Waals surface area contributed by atoms with E-state index in [-0.39, 0.29) is 23.3 Å². The van der Waals surface area contributed by atoms with Crippen LogP contribution in [0.15, 0.2) is 21.3 Å². The molecule has 2 heterocycles. The molecule has 2 rings (SSSR count). The van der Waals surface area contributed by atoms with Crippen LogP contribution in [0.4, 0.5) is 5.88 Å². The molecule has 0 aromatic carbocycles. The van der Waals surface area contributed by atoms with E-state index < -0.39 is 5.91 Å². The lowest BCUT2D eigenvalue weighted by molar-refractivity contribution is -0.120. The largest absolute Gasteiger partial charge is 0.365 e. The monoisotopic (exact) mass is 335 g/mol. The summed E-state index contributed by atoms with van der Waals surface area (Å²) in [5.41, 5.74) is 6.66. The van der Waals surface area contributed by atoms with E-state index in [4.69, 9.17) is 10.3 Å². The molecule has 0 saturated heterocycles. The van der Waals surface area contributed by atoms with Crippen LogP contribution < -0.4 is 11.1 Å². The van der Waals surface area contributed by atoms with Crippen LogP contribution in [0.25, 0.3) is 11.3 Å². The molecule has 2 aromatic heterocycles. The lowest BCUT2D eigenvalue weighted by Crippen LogP contribution is -2.24. The lowest BCUT2D eigenvalue weighted by atomic mass is 9.97. The molecule has 0 aliphatic heterocycles. The van der Waals surface area contributed by atoms with Crippen molar-refractivity contribution in [3.05, 3.63) is 22.4 Å². The molecule has 7 heteroatoms. The molecule has 0 aliphatic rings. The second-order valence-corrected chi connectivity index (χ2v) is 6.16. The summed E-state index contributed by atoms with van der Waals surface area (Å²) in [6.45, 7) is 4.07. The van der Waals surface area contributed by atoms with Crippen molar-refractivity contribution >= 4 is 29.0 Å². The highest BCUT2D eigenvalue weighted by molar-refractivity contribution is 7.08. The first kappa shape index (κ1) is 17.2. The predicted octanol–water partition coefficient (Wildman–Crippen LogP) is 3.66. The van der Waals surface area contributed by atoms with Gasteiger partial charge in [-0.15, -0.1) is 0 Å². The van der Waals surface area contributed by atoms with Crippen LogP contribution in [0.3, 0.4) is 0 Å². The second kappa shape index (κ2) is 7.92. The predicted molar refractivity (Wildman–Crippen MR) is 90.3 cm³/mol. The third kappa shape index (κ3) is 3.98. The summed E-state index contributed by atoms with van der Waals surface area (Å²) in [7, 11) is 0. The van der Waals surface area contributed by atoms with Crippen LogP contribution in [-0.2, 0) is 4.79 Å². The number of aromatic nitrogens is 1. The van der Waals surface area contributed by atoms with Gasteiger partial charge in [-0.3, -0.25) is 14.9 Å². The molecule has 23 heavy (non-hydrogen) atoms. The number of rotatable bonds is 8. The third-order valence-electron chi connectivity index (χ3n) is 3.61. The Morgan fingerprint density at radius 3 is 2.57 bits per heavy atom. The van der Waals surface area contributed by atoms with E-state index >= 15 is 0 Å². The highest BCUT2D eigenvalue weighted by Crippen LogP contribution is 2.30. The zero-order valence-corrected chi connectivity index (χ0v) is 14.1. The molecule has 0 aliphatic carbocycles. The second-order valence-electron chi connectivity index (χ2n) is 5.38. The number of hydrogen-bond acceptors (Lipinski definition) is 5. The van der Waals surface area contributed by atoms with Gasteiger partial charge in [-0.05, 0) is 24.3 Å². The molecule has 0 spiro atoms. The van der Waals surface area contributed by atoms with Crippen LogP contribution in [-0.4, -0.2) is 17.0 Å². The molecule has 0 bridgehead atoms. The maximum Gasteiger partial charge on any atom is 0.256 e. The van der Waals surface area contributed by atoms with Gasteiger partial charge < -0.3 is 10.3 Å². The Morgan fingerprint density at radius 1 is 1.35 bits per heavy atom. The first-order chi connectivity index (χ1) is 11.1. The van der Waals surface area contributed by atoms with E-state index in [9.17, 15) is 9.59 Å². The zero-order chi connectivity index (χ0) is 16.8. The van der Waals surface area contributed by atoms with Gasteiger partial charge in [0.1, 0.15) is 11.3 Å². The average molecular weight is 335 g/mol. The van der Waals surface area contributed by atoms with Crippen LogP contribution in [0.5, 0.6) is 0 Å². The van der Waals surface area contributed by atoms with Gasteiger partial charge in [0.05, 0.1) is 0 Å². The Balaban J connectivity index is 2.26. The quantitative estimate of drug-likeness (QED) is 0.769. The molecule has 2 amide bonds. The Kier molecular flexibility index (Phi) is 5.92. The van der Waals surface area contributed by atoms with Gasteiger partial charge >= 0.3 is 0 Å². The summed E-state index contributed by atoms with van der Waals surface area (Å²) < 4.78 is 5.18. The molecular formula is C16H21N3O3S. The fourth-order valence-electron chi connectivity index (χ4n) is 2.52. The topological polar surface area (TPSA) is 98.2 Å². The zero-order valence-electron chi connectivity index (χ0n) is 13.3. The van der Waals surface area contributed by atoms with E-state index in [0.29, 0.717) is 5.69 Å². The number of amides is 2. The number of nitrogens with two attached hydrogens (primary N) is 1. The van der Waals surface area contributed by atoms with Gasteiger partial charge in [-0.2, -0.15) is 11.3 Å². The number of hydrogen-bond donors (Lipinski definition) is 2. The Bertz CT molecular complexity index is 658. The van der Waals surface area contributed by atoms with Gasteiger partial charge in [0.2, 0.25) is 11.8 Å². The fourth-order valence-corrected chi connectivity index (χ4v) is 3.16. The molecule has 6 nitrogen and oxygen atoms in total. The Morgan fingerprint density at radius 2 is 2.04 bits per heavy atom. The van der Waals surface area contributed by atoms with Crippen molar-refractivity contribution in [1.82, 2.24) is 5.16 Å². The van der Waals surface area contributed by atoms with E-state index in [2.05, 4.69) is 10.5 Å². The molecule has 0 unspecified atom stereocenters. The molecule has 3 N–H and O–H groups in total. The van der Waals surface area contributed by atoms with Gasteiger partial charge in [-0.25, -0.2) is 0 Å². The van der Waals surface area contributed by atoms with E-state index in [1.807, 2.05) is 30.7 Å². The number of anilines is 1. The van der Waals surface area contributed by atoms with E-state index in [1.54, 1.807) is 0 Å². The number of carbonyl (C=O) groups is 2. The highest BCUT2D eigenvalue weighted by Gasteiger charge is 2.26. The molecule has 124 valence electrons. The van der Waals surface area contributed by atoms with Crippen molar-refractivity contribution in [2.75, 3.05) is 5.32 Å². The summed E-state index contributed by atoms with van der Waals surface area (Å²) in [6.07, 6.45) is 3.41. The smallest absolute Gasteiger partial charge is 0.256 e. The van der Waals surface area contributed by atoms with Crippen molar-refractivity contribution in [1.29, 1.82) is 0 Å². The van der Waals surface area contributed by atoms with Gasteiger partial charge in [0, 0.05) is 16.9 Å². The Labute approximate surface area is 139 Å². The van der Waals surface area contributed by atoms with Crippen molar-refractivity contribution in [3.8, 4) is 11.3 Å². The molecular weight excluding hydrogens is 314 g/mol. The van der Waals surface area contributed by atoms with Crippen LogP contribution in [0.2, 0.25) is 0 Å². The van der Waals surface area contributed by atoms with Crippen LogP contribution >= 0.6 is 11.3 Å². The number of nitrogens with one attached hydrogen (secondary N) is 1. The number of thiophene rings is 1. The minimum Gasteiger partial charge on any atom is -0.365 e. The maximum absolute atomic E-state index is 12.4. The first-order valence-corrected chi connectivity index (χ1v) is 8.65. The normalized spacial score (nSPS) is 10.9. The summed E-state index contributed by atoms with van der Waals surface area (Å²) in [6, 6.07) is 1.82. The lowest BCUT2D eigenvalue weighted by Gasteiger charge is -2.14. The van der Waals surface area contributed by atoms with E-state index in [0.717, 1.165) is 31.2 Å². The fraction of sp³-hybridized carbons (Fsp3) is 0.438. The van der Waals surface area contributed by atoms with Gasteiger partial charge in [0.15, 0.2) is 0 Å². The van der Waals surface area contributed by atoms with Crippen molar-refractivity contribution in [3.63, 3.8) is 0 Å². The molecule has 0 atom stereocenters. The van der Waals surface area contributed by atoms with Crippen molar-refractivity contribution in [2.24, 2.45) is 11.7 Å². The van der Waals surface area contributed by atoms with E-state index in [1.165, 1.54) is 11.3 Å². The van der Waals surface area contributed by atoms with Crippen molar-refractivity contribution in [2.45, 2.75) is 39.5 Å². The summed E-state index contributed by atoms with van der Waals surface area (Å²) >= 11 is 1.47. The minimum absolute atomic E-state index is 0.0286. The van der Waals surface area contributed by atoms with Gasteiger partial charge in [0.25, 0.3) is 5.91 Å². The number of primary amides is 1. The minimum atomic E-state index is -0.676. The summed E-state index contributed by atoms with van der Waals surface area (Å²) in [5.74, 6) is -0.921. The standard InChI is InChI=1S/C16H21N3O3S/c1-3-5-10(6-4-2)15(21)18-16-12(14(17)20)13(19-22-16)11-7-8-23-9-11/h7-10H,3-6H2,1-2H3,(H2,17,20)(H,18,21). The van der Waals surface area contributed by atoms with Crippen LogP contribution in [0, 0.1) is 5.92 Å². The summed E-state index contributed by atoms with van der Waals surface area (Å²) in [4.78, 5) is 24.2. The summed E-state index contributed by atoms with van der Waals surface area (Å²) in [5, 5.41) is 10.3. The molecule has 2 aromatic rings. The molecule has 0 saturated carbocycles. The van der Waals surface area contributed by atoms with Gasteiger partial charge in [-0.1, -0.05) is 31.8 Å². The maximum atomic E-state index is 12.4. The highest BCUT2D eigenvalue weighted by atomic mass is 32.1. The van der Waals surface area contributed by atoms with Crippen LogP contribution in [0.1, 0.15) is 49.9 Å². The van der Waals surface area contributed by atoms with Crippen molar-refractivity contribution < 1.29 is 14.1 Å².